The SMILES string of the molecule is Cc1cccc(Nc2ncc(CN)s2)c1. The van der Waals surface area contributed by atoms with Crippen LogP contribution >= 0.6 is 11.3 Å². The van der Waals surface area contributed by atoms with Crippen molar-refractivity contribution in [1.82, 2.24) is 4.98 Å². The molecule has 0 amide bonds. The summed E-state index contributed by atoms with van der Waals surface area (Å²) in [5.41, 5.74) is 7.82. The molecular formula is C11H13N3S. The Hall–Kier alpha value is -1.39. The highest BCUT2D eigenvalue weighted by molar-refractivity contribution is 7.15. The van der Waals surface area contributed by atoms with Crippen molar-refractivity contribution in [3.8, 4) is 0 Å². The van der Waals surface area contributed by atoms with E-state index < -0.39 is 0 Å². The molecule has 0 aliphatic heterocycles. The van der Waals surface area contributed by atoms with E-state index in [-0.39, 0.29) is 0 Å². The maximum atomic E-state index is 5.52. The van der Waals surface area contributed by atoms with Gasteiger partial charge in [0.1, 0.15) is 0 Å². The summed E-state index contributed by atoms with van der Waals surface area (Å²) in [5, 5.41) is 4.14. The van der Waals surface area contributed by atoms with Crippen molar-refractivity contribution in [3.05, 3.63) is 40.9 Å². The third-order valence-electron chi connectivity index (χ3n) is 2.02. The van der Waals surface area contributed by atoms with Gasteiger partial charge in [0.2, 0.25) is 0 Å². The summed E-state index contributed by atoms with van der Waals surface area (Å²) in [6, 6.07) is 8.20. The van der Waals surface area contributed by atoms with Gasteiger partial charge in [-0.2, -0.15) is 0 Å². The predicted octanol–water partition coefficient (Wildman–Crippen LogP) is 2.65. The molecule has 0 atom stereocenters. The van der Waals surface area contributed by atoms with Crippen LogP contribution in [0.1, 0.15) is 10.4 Å². The van der Waals surface area contributed by atoms with Crippen LogP contribution in [0.2, 0.25) is 0 Å². The lowest BCUT2D eigenvalue weighted by Gasteiger charge is -2.02. The lowest BCUT2D eigenvalue weighted by Crippen LogP contribution is -1.91. The summed E-state index contributed by atoms with van der Waals surface area (Å²) in [6.45, 7) is 2.62. The van der Waals surface area contributed by atoms with Crippen molar-refractivity contribution in [3.63, 3.8) is 0 Å². The van der Waals surface area contributed by atoms with E-state index in [1.807, 2.05) is 18.3 Å². The predicted molar refractivity (Wildman–Crippen MR) is 64.5 cm³/mol. The van der Waals surface area contributed by atoms with E-state index in [2.05, 4.69) is 29.4 Å². The Balaban J connectivity index is 2.14. The number of anilines is 2. The lowest BCUT2D eigenvalue weighted by molar-refractivity contribution is 1.10. The van der Waals surface area contributed by atoms with Crippen LogP contribution in [-0.4, -0.2) is 4.98 Å². The van der Waals surface area contributed by atoms with Crippen molar-refractivity contribution < 1.29 is 0 Å². The van der Waals surface area contributed by atoms with Crippen LogP contribution in [0.5, 0.6) is 0 Å². The topological polar surface area (TPSA) is 50.9 Å². The molecule has 1 aromatic carbocycles. The van der Waals surface area contributed by atoms with E-state index in [9.17, 15) is 0 Å². The number of aryl methyl sites for hydroxylation is 1. The van der Waals surface area contributed by atoms with Gasteiger partial charge in [0.15, 0.2) is 5.13 Å². The van der Waals surface area contributed by atoms with Gasteiger partial charge in [-0.25, -0.2) is 4.98 Å². The van der Waals surface area contributed by atoms with Crippen molar-refractivity contribution in [2.24, 2.45) is 5.73 Å². The zero-order valence-corrected chi connectivity index (χ0v) is 9.34. The number of benzene rings is 1. The number of hydrogen-bond donors (Lipinski definition) is 2. The van der Waals surface area contributed by atoms with Crippen LogP contribution in [0.3, 0.4) is 0 Å². The largest absolute Gasteiger partial charge is 0.332 e. The van der Waals surface area contributed by atoms with Gasteiger partial charge in [-0.3, -0.25) is 0 Å². The van der Waals surface area contributed by atoms with Crippen LogP contribution in [0.4, 0.5) is 10.8 Å². The smallest absolute Gasteiger partial charge is 0.187 e. The molecule has 3 N–H and O–H groups in total. The number of nitrogens with zero attached hydrogens (tertiary/aromatic N) is 1. The van der Waals surface area contributed by atoms with Crippen molar-refractivity contribution >= 4 is 22.2 Å². The summed E-state index contributed by atoms with van der Waals surface area (Å²) in [4.78, 5) is 5.33. The third kappa shape index (κ3) is 2.55. The molecule has 0 aliphatic carbocycles. The van der Waals surface area contributed by atoms with Gasteiger partial charge in [0.05, 0.1) is 0 Å². The second-order valence-corrected chi connectivity index (χ2v) is 4.45. The highest BCUT2D eigenvalue weighted by atomic mass is 32.1. The first kappa shape index (κ1) is 10.1. The maximum Gasteiger partial charge on any atom is 0.187 e. The molecule has 78 valence electrons. The first-order valence-corrected chi connectivity index (χ1v) is 5.58. The Kier molecular flexibility index (Phi) is 2.99. The highest BCUT2D eigenvalue weighted by Gasteiger charge is 2.00. The normalized spacial score (nSPS) is 10.3. The molecule has 1 heterocycles. The molecule has 0 unspecified atom stereocenters. The maximum absolute atomic E-state index is 5.52. The number of thiazole rings is 1. The van der Waals surface area contributed by atoms with Crippen molar-refractivity contribution in [1.29, 1.82) is 0 Å². The van der Waals surface area contributed by atoms with E-state index >= 15 is 0 Å². The number of aromatic nitrogens is 1. The molecule has 1 aromatic heterocycles. The van der Waals surface area contributed by atoms with Crippen LogP contribution < -0.4 is 11.1 Å². The quantitative estimate of drug-likeness (QED) is 0.834. The van der Waals surface area contributed by atoms with Gasteiger partial charge in [0.25, 0.3) is 0 Å². The fourth-order valence-corrected chi connectivity index (χ4v) is 2.02. The van der Waals surface area contributed by atoms with E-state index in [1.165, 1.54) is 5.56 Å². The number of rotatable bonds is 3. The zero-order valence-electron chi connectivity index (χ0n) is 8.53. The fourth-order valence-electron chi connectivity index (χ4n) is 1.31. The molecule has 0 radical (unpaired) electrons. The van der Waals surface area contributed by atoms with E-state index in [4.69, 9.17) is 5.73 Å². The third-order valence-corrected chi connectivity index (χ3v) is 2.96. The highest BCUT2D eigenvalue weighted by Crippen LogP contribution is 2.22. The van der Waals surface area contributed by atoms with Gasteiger partial charge >= 0.3 is 0 Å². The molecule has 3 nitrogen and oxygen atoms in total. The van der Waals surface area contributed by atoms with E-state index in [0.717, 1.165) is 15.7 Å². The minimum absolute atomic E-state index is 0.549. The molecule has 0 bridgehead atoms. The van der Waals surface area contributed by atoms with Crippen LogP contribution in [0.15, 0.2) is 30.5 Å². The summed E-state index contributed by atoms with van der Waals surface area (Å²) >= 11 is 1.59. The minimum Gasteiger partial charge on any atom is -0.332 e. The molecule has 0 aliphatic rings. The van der Waals surface area contributed by atoms with Crippen molar-refractivity contribution in [2.75, 3.05) is 5.32 Å². The Labute approximate surface area is 93.0 Å². The van der Waals surface area contributed by atoms with E-state index in [1.54, 1.807) is 11.3 Å². The molecule has 0 spiro atoms. The van der Waals surface area contributed by atoms with Crippen LogP contribution in [0.25, 0.3) is 0 Å². The lowest BCUT2D eigenvalue weighted by atomic mass is 10.2. The summed E-state index contributed by atoms with van der Waals surface area (Å²) in [6.07, 6.45) is 1.81. The van der Waals surface area contributed by atoms with Crippen LogP contribution in [0, 0.1) is 6.92 Å². The molecule has 2 rings (SSSR count). The first-order valence-electron chi connectivity index (χ1n) is 4.76. The van der Waals surface area contributed by atoms with Gasteiger partial charge < -0.3 is 11.1 Å². The minimum atomic E-state index is 0.549. The standard InChI is InChI=1S/C11H13N3S/c1-8-3-2-4-9(5-8)14-11-13-7-10(6-12)15-11/h2-5,7H,6,12H2,1H3,(H,13,14). The Morgan fingerprint density at radius 2 is 2.33 bits per heavy atom. The van der Waals surface area contributed by atoms with E-state index in [0.29, 0.717) is 6.54 Å². The number of nitrogens with two attached hydrogens (primary N) is 1. The molecule has 15 heavy (non-hydrogen) atoms. The Bertz CT molecular complexity index is 451. The zero-order chi connectivity index (χ0) is 10.7. The molecule has 4 heteroatoms. The second kappa shape index (κ2) is 4.42. The summed E-state index contributed by atoms with van der Waals surface area (Å²) in [7, 11) is 0. The van der Waals surface area contributed by atoms with Crippen LogP contribution in [-0.2, 0) is 6.54 Å². The fraction of sp³-hybridized carbons (Fsp3) is 0.182. The second-order valence-electron chi connectivity index (χ2n) is 3.33. The van der Waals surface area contributed by atoms with Gasteiger partial charge in [0, 0.05) is 23.3 Å². The molecule has 0 saturated heterocycles. The average molecular weight is 219 g/mol. The molecule has 0 saturated carbocycles. The van der Waals surface area contributed by atoms with Gasteiger partial charge in [-0.15, -0.1) is 11.3 Å². The van der Waals surface area contributed by atoms with Crippen molar-refractivity contribution in [2.45, 2.75) is 13.5 Å². The molecule has 0 fully saturated rings. The monoisotopic (exact) mass is 219 g/mol. The average Bonchev–Trinajstić information content (AvgIpc) is 2.65. The molecular weight excluding hydrogens is 206 g/mol. The number of nitrogens with one attached hydrogen (secondary N) is 1. The summed E-state index contributed by atoms with van der Waals surface area (Å²) in [5.74, 6) is 0. The van der Waals surface area contributed by atoms with Gasteiger partial charge in [-0.05, 0) is 24.6 Å². The summed E-state index contributed by atoms with van der Waals surface area (Å²) < 4.78 is 0. The Morgan fingerprint density at radius 1 is 1.47 bits per heavy atom. The molecule has 2 aromatic rings. The Morgan fingerprint density at radius 3 is 3.00 bits per heavy atom. The first-order chi connectivity index (χ1) is 7.28. The van der Waals surface area contributed by atoms with Gasteiger partial charge in [-0.1, -0.05) is 12.1 Å². The number of hydrogen-bond acceptors (Lipinski definition) is 4.